The molecule has 0 aliphatic heterocycles. The molecule has 356 valence electrons. The lowest BCUT2D eigenvalue weighted by atomic mass is 9.92. The van der Waals surface area contributed by atoms with Gasteiger partial charge >= 0.3 is 0 Å². The number of fused-ring (bicyclic) bond motifs is 14. The highest BCUT2D eigenvalue weighted by atomic mass is 16.3. The smallest absolute Gasteiger partial charge is 0.163 e. The lowest BCUT2D eigenvalue weighted by Gasteiger charge is -2.21. The first kappa shape index (κ1) is 42.4. The van der Waals surface area contributed by atoms with Crippen molar-refractivity contribution in [1.29, 1.82) is 0 Å². The largest absolute Gasteiger partial charge is 0.456 e. The molecule has 0 spiro atoms. The maximum atomic E-state index is 7.38. The van der Waals surface area contributed by atoms with E-state index in [2.05, 4.69) is 234 Å². The Kier molecular flexibility index (Phi) is 9.32. The quantitative estimate of drug-likeness (QED) is 0.159. The molecule has 16 rings (SSSR count). The van der Waals surface area contributed by atoms with E-state index in [4.69, 9.17) is 23.8 Å². The summed E-state index contributed by atoms with van der Waals surface area (Å²) in [5.41, 5.74) is 15.8. The SMILES string of the molecule is C1=CCC(c2nc(-c3cc(-c4ccccc4)c(-n4c5ccccc5c5c6oc7c(ccc8c7c7ccccc7n8-c7ccccc7)c6ccc54)c(-c4ccccc4)c3)nc(-c3ccc4c(c3)oc3ccccc34)n2)C=C1. The van der Waals surface area contributed by atoms with Crippen LogP contribution in [0, 0.1) is 0 Å². The fraction of sp³-hybridized carbons (Fsp3) is 0.0290. The molecule has 0 bridgehead atoms. The molecule has 76 heavy (non-hydrogen) atoms. The third-order valence-corrected chi connectivity index (χ3v) is 15.5. The molecule has 1 aliphatic rings. The first-order chi connectivity index (χ1) is 37.7. The van der Waals surface area contributed by atoms with E-state index in [9.17, 15) is 0 Å². The van der Waals surface area contributed by atoms with Gasteiger partial charge in [-0.2, -0.15) is 0 Å². The number of hydrogen-bond acceptors (Lipinski definition) is 5. The van der Waals surface area contributed by atoms with Crippen molar-refractivity contribution in [2.45, 2.75) is 12.3 Å². The van der Waals surface area contributed by atoms with Crippen LogP contribution in [-0.4, -0.2) is 24.1 Å². The summed E-state index contributed by atoms with van der Waals surface area (Å²) >= 11 is 0. The number of rotatable bonds is 7. The van der Waals surface area contributed by atoms with Crippen molar-refractivity contribution in [3.05, 3.63) is 249 Å². The Hall–Kier alpha value is -10.1. The van der Waals surface area contributed by atoms with E-state index in [1.54, 1.807) is 0 Å². The molecule has 15 aromatic rings. The summed E-state index contributed by atoms with van der Waals surface area (Å²) in [6.45, 7) is 0. The molecule has 0 fully saturated rings. The summed E-state index contributed by atoms with van der Waals surface area (Å²) in [7, 11) is 0. The summed E-state index contributed by atoms with van der Waals surface area (Å²) in [6, 6.07) is 77.5. The minimum Gasteiger partial charge on any atom is -0.456 e. The van der Waals surface area contributed by atoms with Gasteiger partial charge in [0.25, 0.3) is 0 Å². The van der Waals surface area contributed by atoms with E-state index in [1.807, 2.05) is 18.2 Å². The predicted molar refractivity (Wildman–Crippen MR) is 310 cm³/mol. The fourth-order valence-electron chi connectivity index (χ4n) is 12.0. The lowest BCUT2D eigenvalue weighted by Crippen LogP contribution is -2.08. The first-order valence-electron chi connectivity index (χ1n) is 25.9. The van der Waals surface area contributed by atoms with Crippen LogP contribution in [0.25, 0.3) is 144 Å². The van der Waals surface area contributed by atoms with Gasteiger partial charge in [-0.05, 0) is 96.4 Å². The van der Waals surface area contributed by atoms with Crippen LogP contribution in [0.1, 0.15) is 18.2 Å². The summed E-state index contributed by atoms with van der Waals surface area (Å²) in [5.74, 6) is 1.89. The second kappa shape index (κ2) is 16.7. The molecule has 5 aromatic heterocycles. The van der Waals surface area contributed by atoms with Gasteiger partial charge in [0.2, 0.25) is 0 Å². The monoisotopic (exact) mass is 973 g/mol. The highest BCUT2D eigenvalue weighted by molar-refractivity contribution is 6.29. The summed E-state index contributed by atoms with van der Waals surface area (Å²) in [4.78, 5) is 16.0. The van der Waals surface area contributed by atoms with E-state index in [-0.39, 0.29) is 5.92 Å². The Morgan fingerprint density at radius 2 is 0.921 bits per heavy atom. The molecule has 0 N–H and O–H groups in total. The van der Waals surface area contributed by atoms with E-state index in [0.717, 1.165) is 144 Å². The number of nitrogens with zero attached hydrogens (tertiary/aromatic N) is 5. The molecule has 1 atom stereocenters. The summed E-state index contributed by atoms with van der Waals surface area (Å²) in [5, 5.41) is 8.73. The molecule has 1 aliphatic carbocycles. The van der Waals surface area contributed by atoms with Gasteiger partial charge in [0, 0.05) is 66.2 Å². The molecule has 0 saturated heterocycles. The number of aromatic nitrogens is 5. The van der Waals surface area contributed by atoms with E-state index in [0.29, 0.717) is 11.6 Å². The van der Waals surface area contributed by atoms with Gasteiger partial charge in [-0.25, -0.2) is 15.0 Å². The van der Waals surface area contributed by atoms with Crippen molar-refractivity contribution in [2.24, 2.45) is 0 Å². The van der Waals surface area contributed by atoms with Crippen molar-refractivity contribution in [2.75, 3.05) is 0 Å². The maximum Gasteiger partial charge on any atom is 0.163 e. The topological polar surface area (TPSA) is 74.8 Å². The number of para-hydroxylation sites is 4. The van der Waals surface area contributed by atoms with Crippen LogP contribution in [0.15, 0.2) is 252 Å². The Bertz CT molecular complexity index is 4840. The van der Waals surface area contributed by atoms with Crippen molar-refractivity contribution in [1.82, 2.24) is 24.1 Å². The minimum atomic E-state index is -0.0202. The molecular weight excluding hydrogens is 931 g/mol. The van der Waals surface area contributed by atoms with Crippen LogP contribution in [0.2, 0.25) is 0 Å². The lowest BCUT2D eigenvalue weighted by molar-refractivity contribution is 0.669. The maximum absolute atomic E-state index is 7.38. The Labute approximate surface area is 435 Å². The number of furan rings is 2. The van der Waals surface area contributed by atoms with E-state index < -0.39 is 0 Å². The Morgan fingerprint density at radius 1 is 0.382 bits per heavy atom. The third kappa shape index (κ3) is 6.45. The van der Waals surface area contributed by atoms with Gasteiger partial charge in [0.15, 0.2) is 11.6 Å². The molecule has 0 saturated carbocycles. The zero-order chi connectivity index (χ0) is 49.8. The van der Waals surface area contributed by atoms with Gasteiger partial charge in [-0.1, -0.05) is 164 Å². The average molecular weight is 974 g/mol. The Morgan fingerprint density at radius 3 is 1.57 bits per heavy atom. The van der Waals surface area contributed by atoms with Crippen LogP contribution in [-0.2, 0) is 0 Å². The Balaban J connectivity index is 0.966. The highest BCUT2D eigenvalue weighted by Gasteiger charge is 2.27. The average Bonchev–Trinajstić information content (AvgIpc) is 4.26. The first-order valence-corrected chi connectivity index (χ1v) is 25.9. The predicted octanol–water partition coefficient (Wildman–Crippen LogP) is 18.1. The van der Waals surface area contributed by atoms with Gasteiger partial charge < -0.3 is 18.0 Å². The summed E-state index contributed by atoms with van der Waals surface area (Å²) in [6.07, 6.45) is 9.33. The fourth-order valence-corrected chi connectivity index (χ4v) is 12.0. The molecule has 10 aromatic carbocycles. The molecule has 7 heteroatoms. The molecule has 0 radical (unpaired) electrons. The van der Waals surface area contributed by atoms with Crippen LogP contribution < -0.4 is 0 Å². The van der Waals surface area contributed by atoms with E-state index >= 15 is 0 Å². The minimum absolute atomic E-state index is 0.0202. The number of allylic oxidation sites excluding steroid dienone is 4. The second-order valence-corrected chi connectivity index (χ2v) is 19.8. The van der Waals surface area contributed by atoms with E-state index in [1.165, 1.54) is 0 Å². The number of benzene rings is 10. The van der Waals surface area contributed by atoms with Crippen LogP contribution >= 0.6 is 0 Å². The van der Waals surface area contributed by atoms with Gasteiger partial charge in [-0.3, -0.25) is 0 Å². The van der Waals surface area contributed by atoms with Gasteiger partial charge in [0.1, 0.15) is 28.2 Å². The molecule has 1 unspecified atom stereocenters. The van der Waals surface area contributed by atoms with Gasteiger partial charge in [-0.15, -0.1) is 0 Å². The zero-order valence-electron chi connectivity index (χ0n) is 40.9. The van der Waals surface area contributed by atoms with Crippen LogP contribution in [0.4, 0.5) is 0 Å². The van der Waals surface area contributed by atoms with Crippen molar-refractivity contribution in [3.8, 4) is 56.4 Å². The molecule has 5 heterocycles. The third-order valence-electron chi connectivity index (χ3n) is 15.5. The standard InChI is InChI=1S/C69H43N5O2/c1-5-19-42(20-6-1)54-39-46(69-71-67(44-23-9-3-10-24-44)70-68(72-69)45-33-34-49-48-27-15-18-32-60(48)75-61(49)41-45)40-55(43-21-7-2-8-22-43)64(54)74-57-31-17-14-29-53(57)63-59(74)38-36-51-50-35-37-58-62(65(50)76-66(51)63)52-28-13-16-30-56(52)73(58)47-25-11-4-12-26-47/h1-23,25-41,44H,24H2. The molecule has 0 amide bonds. The van der Waals surface area contributed by atoms with Gasteiger partial charge in [0.05, 0.1) is 38.5 Å². The van der Waals surface area contributed by atoms with Crippen molar-refractivity contribution >= 4 is 87.5 Å². The molecule has 7 nitrogen and oxygen atoms in total. The normalized spacial score (nSPS) is 13.8. The van der Waals surface area contributed by atoms with Crippen LogP contribution in [0.3, 0.4) is 0 Å². The van der Waals surface area contributed by atoms with Crippen molar-refractivity contribution < 1.29 is 8.83 Å². The molecular formula is C69H43N5O2. The summed E-state index contributed by atoms with van der Waals surface area (Å²) < 4.78 is 18.6. The second-order valence-electron chi connectivity index (χ2n) is 19.8. The van der Waals surface area contributed by atoms with Crippen molar-refractivity contribution in [3.63, 3.8) is 0 Å². The highest BCUT2D eigenvalue weighted by Crippen LogP contribution is 2.48. The number of hydrogen-bond donors (Lipinski definition) is 0. The van der Waals surface area contributed by atoms with Crippen LogP contribution in [0.5, 0.6) is 0 Å². The zero-order valence-corrected chi connectivity index (χ0v) is 40.9.